The molecule has 2 aliphatic rings. The first-order chi connectivity index (χ1) is 17.3. The van der Waals surface area contributed by atoms with E-state index in [0.717, 1.165) is 0 Å². The Labute approximate surface area is 219 Å². The Morgan fingerprint density at radius 1 is 1.32 bits per heavy atom. The van der Waals surface area contributed by atoms with E-state index in [0.29, 0.717) is 12.1 Å². The number of anilines is 1. The standard InChI is InChI=1S/C26H29FN6O3S/c1-7-14(2)36-20-13-29-18(12-30-20)21(34)31-15-8-9-17(27)16(10-15)25(6)19-11-26(19,37-23(28)33-25)22(35)32-24(3,4)5/h1,8-10,12-14,19H,11H2,2-6H3,(H2,28,33)(H,31,34)(H,32,35)/t14-,19-,25+,26-/m0/s1. The maximum Gasteiger partial charge on any atom is 0.275 e. The summed E-state index contributed by atoms with van der Waals surface area (Å²) in [7, 11) is 0. The van der Waals surface area contributed by atoms with Crippen LogP contribution < -0.4 is 21.1 Å². The first-order valence-electron chi connectivity index (χ1n) is 11.7. The van der Waals surface area contributed by atoms with Gasteiger partial charge in [-0.1, -0.05) is 17.7 Å². The number of terminal acetylenes is 1. The summed E-state index contributed by atoms with van der Waals surface area (Å²) < 4.78 is 19.7. The van der Waals surface area contributed by atoms with Gasteiger partial charge in [0, 0.05) is 22.7 Å². The quantitative estimate of drug-likeness (QED) is 0.495. The zero-order valence-corrected chi connectivity index (χ0v) is 22.1. The van der Waals surface area contributed by atoms with Gasteiger partial charge in [-0.05, 0) is 59.2 Å². The monoisotopic (exact) mass is 524 g/mol. The van der Waals surface area contributed by atoms with Crippen molar-refractivity contribution in [3.8, 4) is 18.2 Å². The van der Waals surface area contributed by atoms with Crippen molar-refractivity contribution >= 4 is 34.4 Å². The molecular weight excluding hydrogens is 495 g/mol. The summed E-state index contributed by atoms with van der Waals surface area (Å²) in [5.74, 6) is 1.13. The fraction of sp³-hybridized carbons (Fsp3) is 0.423. The molecule has 1 aliphatic carbocycles. The van der Waals surface area contributed by atoms with Crippen LogP contribution in [0.15, 0.2) is 35.6 Å². The van der Waals surface area contributed by atoms with Gasteiger partial charge in [0.15, 0.2) is 11.3 Å². The van der Waals surface area contributed by atoms with Crippen LogP contribution in [0.4, 0.5) is 10.1 Å². The van der Waals surface area contributed by atoms with Gasteiger partial charge >= 0.3 is 0 Å². The number of amidine groups is 1. The second kappa shape index (κ2) is 9.34. The lowest BCUT2D eigenvalue weighted by Crippen LogP contribution is -2.50. The number of carbonyl (C=O) groups is 2. The Morgan fingerprint density at radius 2 is 2.05 bits per heavy atom. The van der Waals surface area contributed by atoms with Gasteiger partial charge in [-0.25, -0.2) is 14.4 Å². The lowest BCUT2D eigenvalue weighted by molar-refractivity contribution is -0.123. The molecule has 2 aromatic rings. The van der Waals surface area contributed by atoms with Crippen LogP contribution in [-0.2, 0) is 10.3 Å². The average molecular weight is 525 g/mol. The molecule has 4 rings (SSSR count). The number of nitrogens with one attached hydrogen (secondary N) is 2. The fourth-order valence-corrected chi connectivity index (χ4v) is 5.79. The van der Waals surface area contributed by atoms with Crippen molar-refractivity contribution in [2.45, 2.75) is 63.0 Å². The number of nitrogens with zero attached hydrogens (tertiary/aromatic N) is 3. The maximum atomic E-state index is 15.2. The Balaban J connectivity index is 1.57. The predicted molar refractivity (Wildman–Crippen MR) is 141 cm³/mol. The molecule has 2 amide bonds. The number of rotatable bonds is 6. The molecule has 0 spiro atoms. The molecule has 1 aromatic carbocycles. The molecule has 1 fully saturated rings. The normalized spacial score (nSPS) is 25.1. The summed E-state index contributed by atoms with van der Waals surface area (Å²) in [4.78, 5) is 38.6. The number of aromatic nitrogens is 2. The van der Waals surface area contributed by atoms with Crippen molar-refractivity contribution in [1.29, 1.82) is 0 Å². The van der Waals surface area contributed by atoms with Crippen molar-refractivity contribution in [1.82, 2.24) is 15.3 Å². The van der Waals surface area contributed by atoms with Gasteiger partial charge in [0.25, 0.3) is 5.91 Å². The number of hydrogen-bond acceptors (Lipinski definition) is 8. The average Bonchev–Trinajstić information content (AvgIpc) is 3.56. The van der Waals surface area contributed by atoms with Crippen LogP contribution in [-0.4, -0.2) is 43.3 Å². The zero-order valence-electron chi connectivity index (χ0n) is 21.3. The minimum Gasteiger partial charge on any atom is -0.460 e. The second-order valence-electron chi connectivity index (χ2n) is 10.4. The van der Waals surface area contributed by atoms with Gasteiger partial charge < -0.3 is 21.1 Å². The SMILES string of the molecule is C#C[C@H](C)Oc1cnc(C(=O)Nc2ccc(F)c([C@@]3(C)N=C(N)S[C@@]4(C(=O)NC(C)(C)C)C[C@H]43)c2)cn1. The Bertz CT molecular complexity index is 1320. The van der Waals surface area contributed by atoms with Crippen LogP contribution in [0.1, 0.15) is 57.1 Å². The number of ether oxygens (including phenoxy) is 1. The molecule has 1 aromatic heterocycles. The number of fused-ring (bicyclic) bond motifs is 1. The minimum absolute atomic E-state index is 0.0363. The van der Waals surface area contributed by atoms with E-state index in [9.17, 15) is 9.59 Å². The minimum atomic E-state index is -1.10. The highest BCUT2D eigenvalue weighted by Crippen LogP contribution is 2.66. The second-order valence-corrected chi connectivity index (χ2v) is 11.7. The number of hydrogen-bond donors (Lipinski definition) is 3. The van der Waals surface area contributed by atoms with E-state index in [1.54, 1.807) is 13.8 Å². The molecule has 4 atom stereocenters. The van der Waals surface area contributed by atoms with E-state index in [1.807, 2.05) is 20.8 Å². The van der Waals surface area contributed by atoms with Gasteiger partial charge in [0.05, 0.1) is 17.9 Å². The van der Waals surface area contributed by atoms with Crippen LogP contribution in [0.5, 0.6) is 5.88 Å². The topological polar surface area (TPSA) is 132 Å². The molecule has 1 saturated carbocycles. The van der Waals surface area contributed by atoms with Gasteiger partial charge in [-0.3, -0.25) is 14.6 Å². The Hall–Kier alpha value is -3.65. The highest BCUT2D eigenvalue weighted by Gasteiger charge is 2.70. The van der Waals surface area contributed by atoms with Gasteiger partial charge in [-0.15, -0.1) is 6.42 Å². The summed E-state index contributed by atoms with van der Waals surface area (Å²) in [5, 5.41) is 5.94. The summed E-state index contributed by atoms with van der Waals surface area (Å²) in [5.41, 5.74) is 5.24. The molecule has 1 aliphatic heterocycles. The van der Waals surface area contributed by atoms with E-state index in [1.165, 1.54) is 42.4 Å². The number of carbonyl (C=O) groups excluding carboxylic acids is 2. The highest BCUT2D eigenvalue weighted by molar-refractivity contribution is 8.15. The lowest BCUT2D eigenvalue weighted by atomic mass is 9.85. The molecule has 0 unspecified atom stereocenters. The van der Waals surface area contributed by atoms with E-state index in [2.05, 4.69) is 31.5 Å². The van der Waals surface area contributed by atoms with Crippen molar-refractivity contribution in [3.05, 3.63) is 47.7 Å². The molecule has 11 heteroatoms. The Kier molecular flexibility index (Phi) is 6.67. The molecule has 194 valence electrons. The lowest BCUT2D eigenvalue weighted by Gasteiger charge is -2.35. The number of benzene rings is 1. The molecule has 9 nitrogen and oxygen atoms in total. The summed E-state index contributed by atoms with van der Waals surface area (Å²) in [6.45, 7) is 9.15. The fourth-order valence-electron chi connectivity index (χ4n) is 4.41. The summed E-state index contributed by atoms with van der Waals surface area (Å²) in [6, 6.07) is 4.22. The number of halogens is 1. The molecule has 2 heterocycles. The van der Waals surface area contributed by atoms with E-state index >= 15 is 4.39 Å². The van der Waals surface area contributed by atoms with Crippen molar-refractivity contribution < 1.29 is 18.7 Å². The van der Waals surface area contributed by atoms with Crippen molar-refractivity contribution in [3.63, 3.8) is 0 Å². The first-order valence-corrected chi connectivity index (χ1v) is 12.5. The highest BCUT2D eigenvalue weighted by atomic mass is 32.2. The summed E-state index contributed by atoms with van der Waals surface area (Å²) in [6.07, 6.45) is 7.85. The molecule has 37 heavy (non-hydrogen) atoms. The zero-order chi connectivity index (χ0) is 27.2. The van der Waals surface area contributed by atoms with Gasteiger partial charge in [0.2, 0.25) is 11.8 Å². The van der Waals surface area contributed by atoms with Crippen molar-refractivity contribution in [2.24, 2.45) is 16.6 Å². The van der Waals surface area contributed by atoms with E-state index < -0.39 is 33.7 Å². The third-order valence-corrected chi connectivity index (χ3v) is 7.55. The van der Waals surface area contributed by atoms with Crippen LogP contribution in [0.2, 0.25) is 0 Å². The van der Waals surface area contributed by atoms with Crippen molar-refractivity contribution in [2.75, 3.05) is 5.32 Å². The molecule has 4 N–H and O–H groups in total. The molecule has 0 saturated heterocycles. The third-order valence-electron chi connectivity index (χ3n) is 6.25. The number of nitrogens with two attached hydrogens (primary N) is 1. The van der Waals surface area contributed by atoms with Gasteiger partial charge in [-0.2, -0.15) is 0 Å². The molecule has 0 radical (unpaired) electrons. The summed E-state index contributed by atoms with van der Waals surface area (Å²) >= 11 is 1.22. The number of aliphatic imine (C=N–C) groups is 1. The van der Waals surface area contributed by atoms with Crippen LogP contribution in [0.25, 0.3) is 0 Å². The number of thioether (sulfide) groups is 1. The molecule has 0 bridgehead atoms. The smallest absolute Gasteiger partial charge is 0.275 e. The predicted octanol–water partition coefficient (Wildman–Crippen LogP) is 3.22. The van der Waals surface area contributed by atoms with Gasteiger partial charge in [0.1, 0.15) is 16.3 Å². The van der Waals surface area contributed by atoms with E-state index in [4.69, 9.17) is 16.9 Å². The van der Waals surface area contributed by atoms with Crippen LogP contribution in [0, 0.1) is 24.1 Å². The first kappa shape index (κ1) is 26.4. The number of amides is 2. The Morgan fingerprint density at radius 3 is 2.68 bits per heavy atom. The maximum absolute atomic E-state index is 15.2. The third kappa shape index (κ3) is 5.25. The van der Waals surface area contributed by atoms with Crippen LogP contribution >= 0.6 is 11.8 Å². The largest absolute Gasteiger partial charge is 0.460 e. The van der Waals surface area contributed by atoms with E-state index in [-0.39, 0.29) is 34.1 Å². The van der Waals surface area contributed by atoms with Crippen LogP contribution in [0.3, 0.4) is 0 Å². The molecular formula is C26H29FN6O3S.